The standard InChI is InChI=1S/C25H27FN4O4S/c1-35(32,33)29-13-11-28(12-14-29)23-17-27-30(21-8-4-7-20(26)16-21)25(31)24(23)34-22-10-9-18-5-2-3-6-19(18)15-22/h2-8,16-17,22H,9-15H2,1H3. The summed E-state index contributed by atoms with van der Waals surface area (Å²) in [7, 11) is -3.29. The average molecular weight is 499 g/mol. The third kappa shape index (κ3) is 4.94. The number of hydrogen-bond acceptors (Lipinski definition) is 6. The van der Waals surface area contributed by atoms with Gasteiger partial charge in [0.25, 0.3) is 0 Å². The Hall–Kier alpha value is -3.24. The van der Waals surface area contributed by atoms with Crippen LogP contribution in [0.4, 0.5) is 10.1 Å². The Morgan fingerprint density at radius 2 is 1.77 bits per heavy atom. The Bertz CT molecular complexity index is 1400. The van der Waals surface area contributed by atoms with Crippen molar-refractivity contribution >= 4 is 15.7 Å². The van der Waals surface area contributed by atoms with Crippen molar-refractivity contribution in [2.75, 3.05) is 37.3 Å². The molecule has 0 spiro atoms. The zero-order chi connectivity index (χ0) is 24.6. The van der Waals surface area contributed by atoms with Crippen LogP contribution in [0.1, 0.15) is 17.5 Å². The maximum Gasteiger partial charge on any atom is 0.316 e. The van der Waals surface area contributed by atoms with E-state index in [4.69, 9.17) is 4.74 Å². The molecule has 184 valence electrons. The van der Waals surface area contributed by atoms with E-state index in [2.05, 4.69) is 17.2 Å². The van der Waals surface area contributed by atoms with Gasteiger partial charge in [-0.15, -0.1) is 0 Å². The smallest absolute Gasteiger partial charge is 0.316 e. The molecular formula is C25H27FN4O4S. The van der Waals surface area contributed by atoms with Crippen molar-refractivity contribution in [3.05, 3.63) is 82.0 Å². The molecule has 0 radical (unpaired) electrons. The molecule has 5 rings (SSSR count). The summed E-state index contributed by atoms with van der Waals surface area (Å²) in [5.74, 6) is -0.315. The first-order valence-electron chi connectivity index (χ1n) is 11.6. The van der Waals surface area contributed by atoms with Gasteiger partial charge in [0.1, 0.15) is 17.6 Å². The van der Waals surface area contributed by atoms with E-state index in [1.807, 2.05) is 17.0 Å². The Kier molecular flexibility index (Phi) is 6.33. The van der Waals surface area contributed by atoms with Crippen LogP contribution in [0.3, 0.4) is 0 Å². The summed E-state index contributed by atoms with van der Waals surface area (Å²) < 4.78 is 46.7. The lowest BCUT2D eigenvalue weighted by Crippen LogP contribution is -2.49. The number of sulfonamides is 1. The average Bonchev–Trinajstić information content (AvgIpc) is 2.85. The number of aromatic nitrogens is 2. The summed E-state index contributed by atoms with van der Waals surface area (Å²) >= 11 is 0. The van der Waals surface area contributed by atoms with Gasteiger partial charge in [-0.05, 0) is 42.2 Å². The molecular weight excluding hydrogens is 471 g/mol. The number of ether oxygens (including phenoxy) is 1. The van der Waals surface area contributed by atoms with E-state index < -0.39 is 21.4 Å². The van der Waals surface area contributed by atoms with Crippen molar-refractivity contribution in [3.63, 3.8) is 0 Å². The third-order valence-electron chi connectivity index (χ3n) is 6.60. The molecule has 3 aromatic rings. The monoisotopic (exact) mass is 498 g/mol. The van der Waals surface area contributed by atoms with E-state index in [-0.39, 0.29) is 11.9 Å². The van der Waals surface area contributed by atoms with Crippen LogP contribution in [0, 0.1) is 5.82 Å². The predicted molar refractivity (Wildman–Crippen MR) is 131 cm³/mol. The van der Waals surface area contributed by atoms with Gasteiger partial charge in [0.05, 0.1) is 18.1 Å². The number of anilines is 1. The van der Waals surface area contributed by atoms with Crippen LogP contribution in [0.25, 0.3) is 5.69 Å². The fourth-order valence-electron chi connectivity index (χ4n) is 4.75. The second-order valence-corrected chi connectivity index (χ2v) is 10.9. The van der Waals surface area contributed by atoms with Crippen molar-refractivity contribution < 1.29 is 17.5 Å². The summed E-state index contributed by atoms with van der Waals surface area (Å²) in [6, 6.07) is 13.9. The predicted octanol–water partition coefficient (Wildman–Crippen LogP) is 2.39. The highest BCUT2D eigenvalue weighted by molar-refractivity contribution is 7.88. The second-order valence-electron chi connectivity index (χ2n) is 8.96. The lowest BCUT2D eigenvalue weighted by molar-refractivity contribution is 0.181. The molecule has 2 aromatic carbocycles. The quantitative estimate of drug-likeness (QED) is 0.537. The zero-order valence-corrected chi connectivity index (χ0v) is 20.2. The van der Waals surface area contributed by atoms with E-state index >= 15 is 0 Å². The van der Waals surface area contributed by atoms with Gasteiger partial charge in [-0.2, -0.15) is 14.1 Å². The lowest BCUT2D eigenvalue weighted by Gasteiger charge is -2.35. The third-order valence-corrected chi connectivity index (χ3v) is 7.91. The molecule has 8 nitrogen and oxygen atoms in total. The van der Waals surface area contributed by atoms with Crippen LogP contribution < -0.4 is 15.2 Å². The zero-order valence-electron chi connectivity index (χ0n) is 19.4. The summed E-state index contributed by atoms with van der Waals surface area (Å²) in [5.41, 5.74) is 2.84. The minimum Gasteiger partial charge on any atom is -0.483 e. The molecule has 0 N–H and O–H groups in total. The summed E-state index contributed by atoms with van der Waals surface area (Å²) in [5, 5.41) is 4.31. The van der Waals surface area contributed by atoms with E-state index in [9.17, 15) is 17.6 Å². The van der Waals surface area contributed by atoms with Crippen LogP contribution in [0.2, 0.25) is 0 Å². The van der Waals surface area contributed by atoms with Crippen LogP contribution in [0.5, 0.6) is 5.75 Å². The highest BCUT2D eigenvalue weighted by Gasteiger charge is 2.29. The van der Waals surface area contributed by atoms with Gasteiger partial charge in [0.2, 0.25) is 15.8 Å². The number of rotatable bonds is 5. The van der Waals surface area contributed by atoms with Gasteiger partial charge < -0.3 is 9.64 Å². The Balaban J connectivity index is 1.49. The lowest BCUT2D eigenvalue weighted by atomic mass is 9.90. The van der Waals surface area contributed by atoms with E-state index in [0.717, 1.165) is 17.5 Å². The molecule has 2 heterocycles. The first-order valence-corrected chi connectivity index (χ1v) is 13.5. The van der Waals surface area contributed by atoms with Crippen LogP contribution in [-0.2, 0) is 22.9 Å². The van der Waals surface area contributed by atoms with Crippen molar-refractivity contribution in [2.45, 2.75) is 25.4 Å². The highest BCUT2D eigenvalue weighted by Crippen LogP contribution is 2.30. The molecule has 0 bridgehead atoms. The Morgan fingerprint density at radius 1 is 1.03 bits per heavy atom. The maximum atomic E-state index is 13.9. The molecule has 1 aliphatic carbocycles. The molecule has 1 unspecified atom stereocenters. The summed E-state index contributed by atoms with van der Waals surface area (Å²) in [6.45, 7) is 1.42. The molecule has 10 heteroatoms. The number of halogens is 1. The normalized spacial score (nSPS) is 18.8. The van der Waals surface area contributed by atoms with Crippen LogP contribution in [-0.4, -0.2) is 61.0 Å². The summed E-state index contributed by atoms with van der Waals surface area (Å²) in [6.07, 6.45) is 4.84. The summed E-state index contributed by atoms with van der Waals surface area (Å²) in [4.78, 5) is 15.5. The fraction of sp³-hybridized carbons (Fsp3) is 0.360. The molecule has 1 atom stereocenters. The number of benzene rings is 2. The van der Waals surface area contributed by atoms with E-state index in [1.165, 1.54) is 39.9 Å². The molecule has 35 heavy (non-hydrogen) atoms. The van der Waals surface area contributed by atoms with Gasteiger partial charge >= 0.3 is 5.56 Å². The molecule has 0 saturated carbocycles. The van der Waals surface area contributed by atoms with E-state index in [1.54, 1.807) is 12.3 Å². The minimum atomic E-state index is -3.29. The van der Waals surface area contributed by atoms with Gasteiger partial charge in [-0.25, -0.2) is 12.8 Å². The molecule has 2 aliphatic rings. The maximum absolute atomic E-state index is 13.9. The number of nitrogens with zero attached hydrogens (tertiary/aromatic N) is 4. The minimum absolute atomic E-state index is 0.154. The van der Waals surface area contributed by atoms with Gasteiger partial charge in [-0.3, -0.25) is 4.79 Å². The van der Waals surface area contributed by atoms with Crippen LogP contribution in [0.15, 0.2) is 59.5 Å². The number of aryl methyl sites for hydroxylation is 1. The van der Waals surface area contributed by atoms with Crippen molar-refractivity contribution in [1.29, 1.82) is 0 Å². The highest BCUT2D eigenvalue weighted by atomic mass is 32.2. The molecule has 1 aromatic heterocycles. The molecule has 1 aliphatic heterocycles. The topological polar surface area (TPSA) is 84.7 Å². The SMILES string of the molecule is CS(=O)(=O)N1CCN(c2cnn(-c3cccc(F)c3)c(=O)c2OC2CCc3ccccc3C2)CC1. The van der Waals surface area contributed by atoms with Crippen molar-refractivity contribution in [3.8, 4) is 11.4 Å². The van der Waals surface area contributed by atoms with Crippen molar-refractivity contribution in [1.82, 2.24) is 14.1 Å². The second kappa shape index (κ2) is 9.43. The first-order chi connectivity index (χ1) is 16.8. The van der Waals surface area contributed by atoms with Crippen molar-refractivity contribution in [2.24, 2.45) is 0 Å². The fourth-order valence-corrected chi connectivity index (χ4v) is 5.58. The molecule has 0 amide bonds. The van der Waals surface area contributed by atoms with Gasteiger partial charge in [0.15, 0.2) is 0 Å². The van der Waals surface area contributed by atoms with Gasteiger partial charge in [0, 0.05) is 32.6 Å². The largest absolute Gasteiger partial charge is 0.483 e. The Labute approximate surface area is 203 Å². The first kappa shape index (κ1) is 23.5. The van der Waals surface area contributed by atoms with Gasteiger partial charge in [-0.1, -0.05) is 30.3 Å². The number of fused-ring (bicyclic) bond motifs is 1. The van der Waals surface area contributed by atoms with Crippen LogP contribution >= 0.6 is 0 Å². The molecule has 1 fully saturated rings. The number of hydrogen-bond donors (Lipinski definition) is 0. The molecule has 1 saturated heterocycles. The number of piperazine rings is 1. The Morgan fingerprint density at radius 3 is 2.49 bits per heavy atom. The van der Waals surface area contributed by atoms with E-state index in [0.29, 0.717) is 44.0 Å².